The van der Waals surface area contributed by atoms with Crippen LogP contribution in [0.2, 0.25) is 0 Å². The second kappa shape index (κ2) is 8.85. The van der Waals surface area contributed by atoms with Crippen LogP contribution in [0.1, 0.15) is 42.0 Å². The molecule has 7 nitrogen and oxygen atoms in total. The Morgan fingerprint density at radius 2 is 2.00 bits per heavy atom. The third kappa shape index (κ3) is 4.67. The number of pyridine rings is 1. The fourth-order valence-electron chi connectivity index (χ4n) is 4.54. The Morgan fingerprint density at radius 3 is 2.74 bits per heavy atom. The number of anilines is 2. The molecular formula is C24H31N5O2. The summed E-state index contributed by atoms with van der Waals surface area (Å²) in [5.41, 5.74) is 4.43. The number of carbonyl (C=O) groups excluding carboxylic acids is 1. The molecule has 3 aliphatic rings. The summed E-state index contributed by atoms with van der Waals surface area (Å²) in [6, 6.07) is 11.5. The lowest BCUT2D eigenvalue weighted by molar-refractivity contribution is 0.143. The van der Waals surface area contributed by atoms with Gasteiger partial charge in [-0.2, -0.15) is 0 Å². The fraction of sp³-hybridized carbons (Fsp3) is 0.500. The lowest BCUT2D eigenvalue weighted by atomic mass is 9.97. The van der Waals surface area contributed by atoms with Crippen LogP contribution in [0.3, 0.4) is 0 Å². The minimum atomic E-state index is -0.328. The molecule has 2 fully saturated rings. The molecule has 1 saturated heterocycles. The van der Waals surface area contributed by atoms with E-state index in [1.807, 2.05) is 6.07 Å². The highest BCUT2D eigenvalue weighted by atomic mass is 16.6. The first-order chi connectivity index (χ1) is 15.2. The van der Waals surface area contributed by atoms with Crippen molar-refractivity contribution >= 4 is 17.6 Å². The van der Waals surface area contributed by atoms with E-state index in [1.165, 1.54) is 35.3 Å². The molecule has 7 heteroatoms. The molecule has 164 valence electrons. The van der Waals surface area contributed by atoms with Crippen LogP contribution in [-0.2, 0) is 17.9 Å². The number of benzene rings is 1. The van der Waals surface area contributed by atoms with Crippen LogP contribution in [0.5, 0.6) is 0 Å². The van der Waals surface area contributed by atoms with Crippen molar-refractivity contribution in [1.29, 1.82) is 0 Å². The summed E-state index contributed by atoms with van der Waals surface area (Å²) in [5, 5.41) is 6.86. The van der Waals surface area contributed by atoms with Gasteiger partial charge in [-0.05, 0) is 23.5 Å². The van der Waals surface area contributed by atoms with E-state index in [9.17, 15) is 4.79 Å². The average molecular weight is 422 g/mol. The summed E-state index contributed by atoms with van der Waals surface area (Å²) in [4.78, 5) is 20.4. The smallest absolute Gasteiger partial charge is 0.414 e. The van der Waals surface area contributed by atoms with Crippen LogP contribution >= 0.6 is 0 Å². The molecular weight excluding hydrogens is 390 g/mol. The van der Waals surface area contributed by atoms with Gasteiger partial charge in [-0.1, -0.05) is 37.1 Å². The second-order valence-corrected chi connectivity index (χ2v) is 8.89. The maximum absolute atomic E-state index is 11.8. The molecule has 1 unspecified atom stereocenters. The summed E-state index contributed by atoms with van der Waals surface area (Å²) in [5.74, 6) is 1.67. The first-order valence-electron chi connectivity index (χ1n) is 11.3. The molecule has 3 heterocycles. The molecule has 2 N–H and O–H groups in total. The molecule has 1 atom stereocenters. The van der Waals surface area contributed by atoms with E-state index >= 15 is 0 Å². The normalized spacial score (nSPS) is 20.2. The Labute approximate surface area is 183 Å². The topological polar surface area (TPSA) is 69.7 Å². The Morgan fingerprint density at radius 1 is 1.23 bits per heavy atom. The molecule has 31 heavy (non-hydrogen) atoms. The van der Waals surface area contributed by atoms with E-state index in [4.69, 9.17) is 4.74 Å². The molecule has 0 spiro atoms. The zero-order valence-electron chi connectivity index (χ0n) is 18.1. The molecule has 1 aromatic heterocycles. The molecule has 0 bridgehead atoms. The summed E-state index contributed by atoms with van der Waals surface area (Å²) in [6.07, 6.45) is 5.52. The minimum Gasteiger partial charge on any atom is -0.444 e. The predicted octanol–water partition coefficient (Wildman–Crippen LogP) is 3.53. The van der Waals surface area contributed by atoms with Gasteiger partial charge in [0, 0.05) is 63.6 Å². The maximum atomic E-state index is 11.8. The molecule has 1 aliphatic carbocycles. The van der Waals surface area contributed by atoms with E-state index in [2.05, 4.69) is 44.8 Å². The summed E-state index contributed by atoms with van der Waals surface area (Å²) in [7, 11) is 1.72. The van der Waals surface area contributed by atoms with Crippen molar-refractivity contribution in [1.82, 2.24) is 15.2 Å². The largest absolute Gasteiger partial charge is 0.444 e. The number of aromatic nitrogens is 1. The number of cyclic esters (lactones) is 1. The van der Waals surface area contributed by atoms with Crippen molar-refractivity contribution in [3.63, 3.8) is 0 Å². The summed E-state index contributed by atoms with van der Waals surface area (Å²) in [6.45, 7) is 5.41. The van der Waals surface area contributed by atoms with Gasteiger partial charge in [0.25, 0.3) is 0 Å². The monoisotopic (exact) mass is 421 g/mol. The number of nitrogens with zero attached hydrogens (tertiary/aromatic N) is 3. The third-order valence-corrected chi connectivity index (χ3v) is 6.63. The quantitative estimate of drug-likeness (QED) is 0.713. The highest BCUT2D eigenvalue weighted by Gasteiger charge is 2.30. The van der Waals surface area contributed by atoms with Crippen molar-refractivity contribution in [3.8, 4) is 0 Å². The highest BCUT2D eigenvalue weighted by molar-refractivity contribution is 5.90. The first kappa shape index (κ1) is 20.3. The molecule has 2 aliphatic heterocycles. The van der Waals surface area contributed by atoms with Gasteiger partial charge in [-0.3, -0.25) is 9.80 Å². The van der Waals surface area contributed by atoms with Gasteiger partial charge in [-0.15, -0.1) is 0 Å². The lowest BCUT2D eigenvalue weighted by Crippen LogP contribution is -2.45. The molecule has 2 aromatic rings. The van der Waals surface area contributed by atoms with Gasteiger partial charge in [0.05, 0.1) is 5.69 Å². The van der Waals surface area contributed by atoms with Crippen LogP contribution in [0, 0.1) is 5.92 Å². The second-order valence-electron chi connectivity index (χ2n) is 8.89. The SMILES string of the molecule is CN1C(=O)OCc2cnc(NCc3ccc(C(CC4CC4)N4CCNCC4)cc3)cc21. The van der Waals surface area contributed by atoms with Gasteiger partial charge < -0.3 is 15.4 Å². The zero-order valence-corrected chi connectivity index (χ0v) is 18.1. The van der Waals surface area contributed by atoms with Gasteiger partial charge in [0.15, 0.2) is 0 Å². The number of fused-ring (bicyclic) bond motifs is 1. The van der Waals surface area contributed by atoms with Gasteiger partial charge in [-0.25, -0.2) is 9.78 Å². The van der Waals surface area contributed by atoms with Crippen molar-refractivity contribution < 1.29 is 9.53 Å². The van der Waals surface area contributed by atoms with Crippen molar-refractivity contribution in [2.45, 2.75) is 38.5 Å². The third-order valence-electron chi connectivity index (χ3n) is 6.63. The van der Waals surface area contributed by atoms with E-state index in [-0.39, 0.29) is 12.7 Å². The Kier molecular flexibility index (Phi) is 5.78. The van der Waals surface area contributed by atoms with Gasteiger partial charge >= 0.3 is 6.09 Å². The summed E-state index contributed by atoms with van der Waals surface area (Å²) >= 11 is 0. The lowest BCUT2D eigenvalue weighted by Gasteiger charge is -2.35. The Balaban J connectivity index is 1.24. The molecule has 1 saturated carbocycles. The predicted molar refractivity (Wildman–Crippen MR) is 121 cm³/mol. The fourth-order valence-corrected chi connectivity index (χ4v) is 4.54. The molecule has 0 radical (unpaired) electrons. The van der Waals surface area contributed by atoms with E-state index < -0.39 is 0 Å². The Bertz CT molecular complexity index is 922. The molecule has 5 rings (SSSR count). The van der Waals surface area contributed by atoms with E-state index in [1.54, 1.807) is 13.2 Å². The number of ether oxygens (including phenoxy) is 1. The molecule has 1 amide bonds. The van der Waals surface area contributed by atoms with Crippen molar-refractivity contribution in [2.24, 2.45) is 5.92 Å². The number of amides is 1. The number of nitrogens with one attached hydrogen (secondary N) is 2. The standard InChI is InChI=1S/C24H31N5O2/c1-28-21-13-23(27-15-20(21)16-31-24(28)30)26-14-18-4-6-19(7-5-18)22(12-17-2-3-17)29-10-8-25-9-11-29/h4-7,13,15,17,22,25H,2-3,8-12,14,16H2,1H3,(H,26,27). The van der Waals surface area contributed by atoms with Crippen LogP contribution < -0.4 is 15.5 Å². The number of hydrogen-bond donors (Lipinski definition) is 2. The van der Waals surface area contributed by atoms with E-state index in [0.29, 0.717) is 12.6 Å². The number of rotatable bonds is 7. The number of carbonyl (C=O) groups is 1. The minimum absolute atomic E-state index is 0.280. The Hall–Kier alpha value is -2.64. The van der Waals surface area contributed by atoms with Crippen molar-refractivity contribution in [3.05, 3.63) is 53.2 Å². The van der Waals surface area contributed by atoms with E-state index in [0.717, 1.165) is 49.2 Å². The summed E-state index contributed by atoms with van der Waals surface area (Å²) < 4.78 is 5.11. The van der Waals surface area contributed by atoms with Gasteiger partial charge in [0.2, 0.25) is 0 Å². The highest BCUT2D eigenvalue weighted by Crippen LogP contribution is 2.40. The van der Waals surface area contributed by atoms with Crippen LogP contribution in [-0.4, -0.2) is 49.2 Å². The first-order valence-corrected chi connectivity index (χ1v) is 11.3. The van der Waals surface area contributed by atoms with Crippen LogP contribution in [0.15, 0.2) is 36.5 Å². The zero-order chi connectivity index (χ0) is 21.2. The molecule has 1 aromatic carbocycles. The average Bonchev–Trinajstić information content (AvgIpc) is 3.64. The number of hydrogen-bond acceptors (Lipinski definition) is 6. The van der Waals surface area contributed by atoms with Crippen LogP contribution in [0.4, 0.5) is 16.3 Å². The van der Waals surface area contributed by atoms with Crippen LogP contribution in [0.25, 0.3) is 0 Å². The maximum Gasteiger partial charge on any atom is 0.414 e. The van der Waals surface area contributed by atoms with Gasteiger partial charge in [0.1, 0.15) is 12.4 Å². The number of piperazine rings is 1. The van der Waals surface area contributed by atoms with Crippen molar-refractivity contribution in [2.75, 3.05) is 43.4 Å².